The summed E-state index contributed by atoms with van der Waals surface area (Å²) in [7, 11) is 0. The Kier molecular flexibility index (Phi) is 4.92. The summed E-state index contributed by atoms with van der Waals surface area (Å²) in [6.07, 6.45) is 0.360. The molecule has 0 bridgehead atoms. The van der Waals surface area contributed by atoms with E-state index >= 15 is 0 Å². The van der Waals surface area contributed by atoms with Crippen molar-refractivity contribution in [3.8, 4) is 11.9 Å². The molecule has 3 N–H and O–H groups in total. The highest BCUT2D eigenvalue weighted by Gasteiger charge is 2.18. The number of nitrogens with zero attached hydrogens (tertiary/aromatic N) is 2. The Labute approximate surface area is 118 Å². The van der Waals surface area contributed by atoms with Crippen LogP contribution >= 0.6 is 0 Å². The molecule has 0 unspecified atom stereocenters. The number of carbonyl (C=O) groups excluding carboxylic acids is 1. The monoisotopic (exact) mass is 276 g/mol. The Morgan fingerprint density at radius 3 is 2.70 bits per heavy atom. The van der Waals surface area contributed by atoms with E-state index in [-0.39, 0.29) is 28.5 Å². The Hall–Kier alpha value is -2.29. The van der Waals surface area contributed by atoms with E-state index in [1.807, 2.05) is 26.8 Å². The molecule has 1 amide bonds. The minimum Gasteiger partial charge on any atom is -0.477 e. The van der Waals surface area contributed by atoms with Gasteiger partial charge in [0, 0.05) is 12.5 Å². The number of aromatic nitrogens is 1. The maximum Gasteiger partial charge on any atom is 0.235 e. The molecular formula is C14H20N4O2. The normalized spacial score (nSPS) is 10.8. The summed E-state index contributed by atoms with van der Waals surface area (Å²) in [5, 5.41) is 11.7. The van der Waals surface area contributed by atoms with Crippen molar-refractivity contribution in [1.29, 1.82) is 5.26 Å². The average molecular weight is 276 g/mol. The van der Waals surface area contributed by atoms with E-state index in [0.717, 1.165) is 0 Å². The number of carbonyl (C=O) groups is 1. The van der Waals surface area contributed by atoms with E-state index in [4.69, 9.17) is 15.7 Å². The van der Waals surface area contributed by atoms with Crippen LogP contribution in [-0.4, -0.2) is 17.5 Å². The lowest BCUT2D eigenvalue weighted by Gasteiger charge is -2.17. The number of rotatable bonds is 4. The quantitative estimate of drug-likeness (QED) is 0.878. The molecule has 108 valence electrons. The lowest BCUT2D eigenvalue weighted by molar-refractivity contribution is -0.117. The van der Waals surface area contributed by atoms with Gasteiger partial charge in [0.1, 0.15) is 17.5 Å². The standard InChI is InChI=1S/C14H20N4O2/c1-5-20-13-9(8-15)10(16)6-11(18-13)17-12(19)7-14(2,3)4/h6H,5,7H2,1-4H3,(H3,16,17,18,19). The number of ether oxygens (including phenoxy) is 1. The zero-order valence-electron chi connectivity index (χ0n) is 12.3. The minimum atomic E-state index is -0.156. The average Bonchev–Trinajstić information content (AvgIpc) is 2.26. The summed E-state index contributed by atoms with van der Waals surface area (Å²) < 4.78 is 5.27. The first kappa shape index (κ1) is 15.8. The first-order valence-corrected chi connectivity index (χ1v) is 6.40. The van der Waals surface area contributed by atoms with Gasteiger partial charge in [-0.3, -0.25) is 4.79 Å². The second-order valence-corrected chi connectivity index (χ2v) is 5.61. The lowest BCUT2D eigenvalue weighted by Crippen LogP contribution is -2.20. The van der Waals surface area contributed by atoms with Gasteiger partial charge in [0.2, 0.25) is 11.8 Å². The zero-order chi connectivity index (χ0) is 15.3. The summed E-state index contributed by atoms with van der Waals surface area (Å²) in [6, 6.07) is 3.40. The fourth-order valence-electron chi connectivity index (χ4n) is 1.63. The van der Waals surface area contributed by atoms with Crippen molar-refractivity contribution in [3.63, 3.8) is 0 Å². The van der Waals surface area contributed by atoms with Crippen molar-refractivity contribution in [2.45, 2.75) is 34.1 Å². The lowest BCUT2D eigenvalue weighted by atomic mass is 9.92. The van der Waals surface area contributed by atoms with E-state index in [9.17, 15) is 4.79 Å². The number of nitrogens with two attached hydrogens (primary N) is 1. The van der Waals surface area contributed by atoms with Gasteiger partial charge < -0.3 is 15.8 Å². The van der Waals surface area contributed by atoms with Gasteiger partial charge in [-0.2, -0.15) is 10.2 Å². The van der Waals surface area contributed by atoms with Crippen LogP contribution in [0, 0.1) is 16.7 Å². The van der Waals surface area contributed by atoms with Gasteiger partial charge in [-0.1, -0.05) is 20.8 Å². The first-order chi connectivity index (χ1) is 9.26. The third-order valence-electron chi connectivity index (χ3n) is 2.37. The molecule has 0 saturated heterocycles. The summed E-state index contributed by atoms with van der Waals surface area (Å²) in [4.78, 5) is 16.0. The fourth-order valence-corrected chi connectivity index (χ4v) is 1.63. The van der Waals surface area contributed by atoms with Gasteiger partial charge in [-0.05, 0) is 12.3 Å². The molecule has 0 radical (unpaired) electrons. The first-order valence-electron chi connectivity index (χ1n) is 6.40. The molecule has 0 aromatic carbocycles. The molecular weight excluding hydrogens is 256 g/mol. The maximum atomic E-state index is 11.9. The Morgan fingerprint density at radius 2 is 2.20 bits per heavy atom. The Bertz CT molecular complexity index is 541. The second-order valence-electron chi connectivity index (χ2n) is 5.61. The fraction of sp³-hybridized carbons (Fsp3) is 0.500. The van der Waals surface area contributed by atoms with E-state index in [0.29, 0.717) is 18.8 Å². The molecule has 0 aliphatic heterocycles. The number of nitrogens with one attached hydrogen (secondary N) is 1. The number of anilines is 2. The minimum absolute atomic E-state index is 0.120. The molecule has 0 aliphatic carbocycles. The number of hydrogen-bond acceptors (Lipinski definition) is 5. The van der Waals surface area contributed by atoms with Gasteiger partial charge in [0.05, 0.1) is 12.3 Å². The van der Waals surface area contributed by atoms with E-state index in [1.54, 1.807) is 6.92 Å². The van der Waals surface area contributed by atoms with E-state index in [2.05, 4.69) is 10.3 Å². The van der Waals surface area contributed by atoms with Crippen LogP contribution in [0.5, 0.6) is 5.88 Å². The highest BCUT2D eigenvalue weighted by Crippen LogP contribution is 2.26. The number of nitrogen functional groups attached to an aromatic ring is 1. The van der Waals surface area contributed by atoms with Crippen molar-refractivity contribution in [2.75, 3.05) is 17.7 Å². The van der Waals surface area contributed by atoms with Crippen LogP contribution in [0.15, 0.2) is 6.07 Å². The highest BCUT2D eigenvalue weighted by molar-refractivity contribution is 5.91. The van der Waals surface area contributed by atoms with Crippen molar-refractivity contribution in [2.24, 2.45) is 5.41 Å². The van der Waals surface area contributed by atoms with Crippen LogP contribution < -0.4 is 15.8 Å². The molecule has 6 nitrogen and oxygen atoms in total. The second kappa shape index (κ2) is 6.24. The SMILES string of the molecule is CCOc1nc(NC(=O)CC(C)(C)C)cc(N)c1C#N. The predicted molar refractivity (Wildman–Crippen MR) is 77.2 cm³/mol. The van der Waals surface area contributed by atoms with Crippen molar-refractivity contribution in [1.82, 2.24) is 4.98 Å². The molecule has 1 aromatic heterocycles. The summed E-state index contributed by atoms with van der Waals surface area (Å²) >= 11 is 0. The Morgan fingerprint density at radius 1 is 1.55 bits per heavy atom. The molecule has 20 heavy (non-hydrogen) atoms. The van der Waals surface area contributed by atoms with Crippen LogP contribution in [0.2, 0.25) is 0 Å². The third kappa shape index (κ3) is 4.43. The summed E-state index contributed by atoms with van der Waals surface area (Å²) in [5.41, 5.74) is 6.07. The van der Waals surface area contributed by atoms with E-state index < -0.39 is 0 Å². The molecule has 1 heterocycles. The smallest absolute Gasteiger partial charge is 0.235 e. The van der Waals surface area contributed by atoms with Crippen molar-refractivity contribution >= 4 is 17.4 Å². The molecule has 0 spiro atoms. The van der Waals surface area contributed by atoms with Crippen molar-refractivity contribution < 1.29 is 9.53 Å². The topological polar surface area (TPSA) is 101 Å². The largest absolute Gasteiger partial charge is 0.477 e. The number of hydrogen-bond donors (Lipinski definition) is 2. The molecule has 6 heteroatoms. The summed E-state index contributed by atoms with van der Waals surface area (Å²) in [6.45, 7) is 8.06. The van der Waals surface area contributed by atoms with Crippen LogP contribution in [0.4, 0.5) is 11.5 Å². The maximum absolute atomic E-state index is 11.9. The van der Waals surface area contributed by atoms with Crippen LogP contribution in [0.3, 0.4) is 0 Å². The molecule has 1 rings (SSSR count). The number of nitriles is 1. The van der Waals surface area contributed by atoms with Gasteiger partial charge in [0.15, 0.2) is 0 Å². The van der Waals surface area contributed by atoms with Gasteiger partial charge in [-0.25, -0.2) is 0 Å². The highest BCUT2D eigenvalue weighted by atomic mass is 16.5. The molecule has 0 aliphatic rings. The molecule has 1 aromatic rings. The molecule has 0 saturated carbocycles. The predicted octanol–water partition coefficient (Wildman–Crippen LogP) is 2.31. The zero-order valence-corrected chi connectivity index (χ0v) is 12.3. The number of amides is 1. The van der Waals surface area contributed by atoms with Crippen molar-refractivity contribution in [3.05, 3.63) is 11.6 Å². The summed E-state index contributed by atoms with van der Waals surface area (Å²) in [5.74, 6) is 0.275. The van der Waals surface area contributed by atoms with E-state index in [1.165, 1.54) is 6.07 Å². The Balaban J connectivity index is 2.97. The van der Waals surface area contributed by atoms with Gasteiger partial charge >= 0.3 is 0 Å². The third-order valence-corrected chi connectivity index (χ3v) is 2.37. The van der Waals surface area contributed by atoms with Crippen LogP contribution in [0.1, 0.15) is 39.7 Å². The van der Waals surface area contributed by atoms with Crippen LogP contribution in [0.25, 0.3) is 0 Å². The van der Waals surface area contributed by atoms with Gasteiger partial charge in [-0.15, -0.1) is 0 Å². The van der Waals surface area contributed by atoms with Crippen LogP contribution in [-0.2, 0) is 4.79 Å². The number of pyridine rings is 1. The molecule has 0 atom stereocenters. The van der Waals surface area contributed by atoms with Gasteiger partial charge in [0.25, 0.3) is 0 Å². The molecule has 0 fully saturated rings.